The predicted octanol–water partition coefficient (Wildman–Crippen LogP) is 3.30. The van der Waals surface area contributed by atoms with Crippen LogP contribution in [0, 0.1) is 17.0 Å². The summed E-state index contributed by atoms with van der Waals surface area (Å²) in [6, 6.07) is 5.52. The summed E-state index contributed by atoms with van der Waals surface area (Å²) in [5.74, 6) is -1.35. The van der Waals surface area contributed by atoms with Crippen LogP contribution in [0.4, 0.5) is 18.0 Å². The third kappa shape index (κ3) is 4.24. The van der Waals surface area contributed by atoms with Gasteiger partial charge in [-0.2, -0.15) is 0 Å². The first-order valence-corrected chi connectivity index (χ1v) is 13.1. The lowest BCUT2D eigenvalue weighted by atomic mass is 9.91. The van der Waals surface area contributed by atoms with Gasteiger partial charge in [0.2, 0.25) is 16.0 Å². The molecule has 0 unspecified atom stereocenters. The second-order valence-electron chi connectivity index (χ2n) is 9.53. The summed E-state index contributed by atoms with van der Waals surface area (Å²) in [5, 5.41) is 0. The Balaban J connectivity index is 1.63. The Morgan fingerprint density at radius 2 is 1.86 bits per heavy atom. The van der Waals surface area contributed by atoms with Crippen LogP contribution >= 0.6 is 0 Å². The Morgan fingerprint density at radius 3 is 2.57 bits per heavy atom. The number of fused-ring (bicyclic) bond motifs is 5. The molecule has 1 saturated carbocycles. The Labute approximate surface area is 201 Å². The number of benzene rings is 2. The largest absolute Gasteiger partial charge is 0.488 e. The Bertz CT molecular complexity index is 1270. The fraction of sp³-hybridized carbons (Fsp3) is 0.458. The molecule has 2 aromatic rings. The molecule has 2 bridgehead atoms. The third-order valence-electron chi connectivity index (χ3n) is 7.28. The van der Waals surface area contributed by atoms with Crippen LogP contribution in [0.5, 0.6) is 5.75 Å². The van der Waals surface area contributed by atoms with E-state index in [4.69, 9.17) is 4.74 Å². The third-order valence-corrected chi connectivity index (χ3v) is 8.18. The summed E-state index contributed by atoms with van der Waals surface area (Å²) in [6.45, 7) is 0.375. The molecule has 188 valence electrons. The number of alkyl halides is 1. The van der Waals surface area contributed by atoms with Crippen LogP contribution in [-0.2, 0) is 16.4 Å². The smallest absolute Gasteiger partial charge is 0.320 e. The summed E-state index contributed by atoms with van der Waals surface area (Å²) in [4.78, 5) is 16.4. The average molecular weight is 510 g/mol. The van der Waals surface area contributed by atoms with Gasteiger partial charge in [0.05, 0.1) is 12.6 Å². The maximum Gasteiger partial charge on any atom is 0.320 e. The maximum absolute atomic E-state index is 15.8. The second-order valence-corrected chi connectivity index (χ2v) is 11.2. The lowest BCUT2D eigenvalue weighted by Crippen LogP contribution is -2.52. The summed E-state index contributed by atoms with van der Waals surface area (Å²) in [6.07, 6.45) is 1.36. The van der Waals surface area contributed by atoms with E-state index in [1.54, 1.807) is 30.1 Å². The molecule has 3 aliphatic rings. The topological polar surface area (TPSA) is 79.0 Å². The van der Waals surface area contributed by atoms with Crippen molar-refractivity contribution in [3.05, 3.63) is 53.6 Å². The minimum Gasteiger partial charge on any atom is -0.488 e. The summed E-state index contributed by atoms with van der Waals surface area (Å²) >= 11 is 0. The van der Waals surface area contributed by atoms with Crippen LogP contribution in [0.2, 0.25) is 0 Å². The van der Waals surface area contributed by atoms with E-state index in [0.717, 1.165) is 0 Å². The number of rotatable bonds is 3. The fourth-order valence-electron chi connectivity index (χ4n) is 5.28. The highest BCUT2D eigenvalue weighted by atomic mass is 32.2. The molecule has 2 aromatic carbocycles. The molecule has 2 heterocycles. The Hall–Kier alpha value is -2.79. The zero-order valence-electron chi connectivity index (χ0n) is 19.1. The van der Waals surface area contributed by atoms with Gasteiger partial charge in [-0.1, -0.05) is 30.3 Å². The molecule has 7 nitrogen and oxygen atoms in total. The molecule has 5 rings (SSSR count). The molecule has 1 N–H and O–H groups in total. The number of hydrogen-bond donors (Lipinski definition) is 1. The minimum absolute atomic E-state index is 0.00593. The van der Waals surface area contributed by atoms with Gasteiger partial charge in [-0.25, -0.2) is 31.1 Å². The number of carbonyl (C=O) groups is 1. The van der Waals surface area contributed by atoms with Crippen LogP contribution < -0.4 is 9.46 Å². The van der Waals surface area contributed by atoms with Crippen molar-refractivity contribution in [2.24, 2.45) is 5.41 Å². The van der Waals surface area contributed by atoms with Crippen molar-refractivity contribution in [3.63, 3.8) is 0 Å². The van der Waals surface area contributed by atoms with Crippen molar-refractivity contribution in [1.82, 2.24) is 14.5 Å². The van der Waals surface area contributed by atoms with E-state index >= 15 is 4.39 Å². The Kier molecular flexibility index (Phi) is 5.95. The number of nitrogens with one attached hydrogen (secondary N) is 1. The number of urea groups is 1. The highest BCUT2D eigenvalue weighted by molar-refractivity contribution is 7.89. The summed E-state index contributed by atoms with van der Waals surface area (Å²) in [7, 11) is -2.65. The first kappa shape index (κ1) is 23.9. The number of hydrogen-bond acceptors (Lipinski definition) is 4. The van der Waals surface area contributed by atoms with Crippen molar-refractivity contribution in [2.45, 2.75) is 31.3 Å². The van der Waals surface area contributed by atoms with Crippen LogP contribution in [-0.4, -0.2) is 69.1 Å². The zero-order chi connectivity index (χ0) is 25.0. The number of ether oxygens (including phenoxy) is 1. The number of carbonyl (C=O) groups excluding carboxylic acids is 1. The molecule has 11 heteroatoms. The van der Waals surface area contributed by atoms with Crippen molar-refractivity contribution in [2.75, 3.05) is 32.8 Å². The molecular formula is C24H26F3N3O4S. The highest BCUT2D eigenvalue weighted by Gasteiger charge is 2.61. The summed E-state index contributed by atoms with van der Waals surface area (Å²) in [5.41, 5.74) is 0.113. The van der Waals surface area contributed by atoms with Crippen LogP contribution in [0.1, 0.15) is 18.4 Å². The van der Waals surface area contributed by atoms with Crippen LogP contribution in [0.3, 0.4) is 0 Å². The van der Waals surface area contributed by atoms with E-state index in [9.17, 15) is 22.0 Å². The highest BCUT2D eigenvalue weighted by Crippen LogP contribution is 2.56. The van der Waals surface area contributed by atoms with Gasteiger partial charge in [0.25, 0.3) is 0 Å². The lowest BCUT2D eigenvalue weighted by molar-refractivity contribution is 0.146. The van der Waals surface area contributed by atoms with Crippen LogP contribution in [0.15, 0.2) is 36.4 Å². The number of halogens is 3. The lowest BCUT2D eigenvalue weighted by Gasteiger charge is -2.32. The quantitative estimate of drug-likeness (QED) is 0.689. The first-order valence-electron chi connectivity index (χ1n) is 11.4. The molecule has 35 heavy (non-hydrogen) atoms. The van der Waals surface area contributed by atoms with Gasteiger partial charge in [0, 0.05) is 36.2 Å². The van der Waals surface area contributed by atoms with Gasteiger partial charge < -0.3 is 14.5 Å². The normalized spacial score (nSPS) is 23.6. The van der Waals surface area contributed by atoms with Gasteiger partial charge in [-0.3, -0.25) is 0 Å². The van der Waals surface area contributed by atoms with Crippen molar-refractivity contribution < 1.29 is 31.1 Å². The van der Waals surface area contributed by atoms with Crippen molar-refractivity contribution in [3.8, 4) is 16.9 Å². The molecule has 1 saturated heterocycles. The molecule has 0 radical (unpaired) electrons. The Morgan fingerprint density at radius 1 is 1.14 bits per heavy atom. The van der Waals surface area contributed by atoms with Gasteiger partial charge in [-0.05, 0) is 30.9 Å². The number of sulfonamides is 1. The average Bonchev–Trinajstić information content (AvgIpc) is 3.55. The molecule has 2 amide bonds. The zero-order valence-corrected chi connectivity index (χ0v) is 20.0. The fourth-order valence-corrected chi connectivity index (χ4v) is 6.13. The van der Waals surface area contributed by atoms with Gasteiger partial charge in [0.1, 0.15) is 12.4 Å². The van der Waals surface area contributed by atoms with Gasteiger partial charge in [0.15, 0.2) is 11.6 Å². The van der Waals surface area contributed by atoms with E-state index in [0.29, 0.717) is 12.8 Å². The SMILES string of the molecule is CN1CCOc2c(F)cccc2-c2cccc(c2F)C[C@H]2[C@@H](NS(=O)(=O)CF)C3(CC3)CN2C1=O. The summed E-state index contributed by atoms with van der Waals surface area (Å²) < 4.78 is 76.2. The minimum atomic E-state index is -4.22. The first-order chi connectivity index (χ1) is 16.7. The maximum atomic E-state index is 15.8. The van der Waals surface area contributed by atoms with Crippen molar-refractivity contribution >= 4 is 16.1 Å². The molecule has 2 atom stereocenters. The van der Waals surface area contributed by atoms with Crippen LogP contribution in [0.25, 0.3) is 11.1 Å². The predicted molar refractivity (Wildman–Crippen MR) is 123 cm³/mol. The number of nitrogens with zero attached hydrogens (tertiary/aromatic N) is 2. The van der Waals surface area contributed by atoms with Gasteiger partial charge in [-0.15, -0.1) is 0 Å². The number of likely N-dealkylation sites (N-methyl/N-ethyl adjacent to an activating group) is 1. The second kappa shape index (κ2) is 8.70. The monoisotopic (exact) mass is 509 g/mol. The molecule has 2 fully saturated rings. The standard InChI is InChI=1S/C24H26F3N3O4S/c1-29-10-11-34-21-17(6-3-7-18(21)26)16-5-2-4-15(20(16)27)12-19-22(28-35(32,33)14-25)24(8-9-24)13-30(19)23(29)31/h2-7,19,22,28H,8-14H2,1H3/t19-,22+/m0/s1. The molecule has 0 aromatic heterocycles. The number of amides is 2. The van der Waals surface area contributed by atoms with E-state index in [2.05, 4.69) is 4.72 Å². The van der Waals surface area contributed by atoms with E-state index in [1.165, 1.54) is 23.1 Å². The molecule has 1 aliphatic carbocycles. The van der Waals surface area contributed by atoms with E-state index in [-0.39, 0.29) is 54.6 Å². The number of para-hydroxylation sites is 1. The van der Waals surface area contributed by atoms with Gasteiger partial charge >= 0.3 is 6.03 Å². The van der Waals surface area contributed by atoms with E-state index < -0.39 is 45.2 Å². The van der Waals surface area contributed by atoms with E-state index in [1.807, 2.05) is 0 Å². The molecule has 2 aliphatic heterocycles. The molecular weight excluding hydrogens is 483 g/mol. The van der Waals surface area contributed by atoms with Crippen molar-refractivity contribution in [1.29, 1.82) is 0 Å². The molecule has 1 spiro atoms.